The van der Waals surface area contributed by atoms with E-state index in [4.69, 9.17) is 16.3 Å². The zero-order valence-corrected chi connectivity index (χ0v) is 13.8. The number of aromatic nitrogens is 3. The molecule has 0 saturated heterocycles. The third-order valence-corrected chi connectivity index (χ3v) is 3.61. The van der Waals surface area contributed by atoms with Crippen LogP contribution in [0.5, 0.6) is 5.75 Å². The molecule has 0 amide bonds. The summed E-state index contributed by atoms with van der Waals surface area (Å²) in [5.41, 5.74) is 1.94. The normalized spacial score (nSPS) is 10.2. The van der Waals surface area contributed by atoms with E-state index in [9.17, 15) is 0 Å². The third-order valence-electron chi connectivity index (χ3n) is 3.31. The second-order valence-electron chi connectivity index (χ2n) is 4.97. The maximum Gasteiger partial charge on any atom is 0.137 e. The molecule has 0 aliphatic carbocycles. The Morgan fingerprint density at radius 3 is 2.58 bits per heavy atom. The minimum Gasteiger partial charge on any atom is -0.495 e. The summed E-state index contributed by atoms with van der Waals surface area (Å²) in [6.45, 7) is 0.660. The number of rotatable bonds is 6. The number of nitrogens with one attached hydrogen (secondary N) is 2. The Balaban J connectivity index is 1.67. The van der Waals surface area contributed by atoms with Crippen LogP contribution in [0, 0.1) is 0 Å². The van der Waals surface area contributed by atoms with E-state index in [2.05, 4.69) is 25.6 Å². The van der Waals surface area contributed by atoms with E-state index in [-0.39, 0.29) is 0 Å². The molecule has 0 spiro atoms. The van der Waals surface area contributed by atoms with Gasteiger partial charge in [0.1, 0.15) is 23.7 Å². The second kappa shape index (κ2) is 7.61. The molecule has 0 fully saturated rings. The summed E-state index contributed by atoms with van der Waals surface area (Å²) in [5, 5.41) is 6.98. The number of hydrogen-bond donors (Lipinski definition) is 2. The van der Waals surface area contributed by atoms with Gasteiger partial charge in [-0.15, -0.1) is 0 Å². The fourth-order valence-corrected chi connectivity index (χ4v) is 2.37. The Morgan fingerprint density at radius 1 is 1.04 bits per heavy atom. The molecular weight excluding hydrogens is 326 g/mol. The fraction of sp³-hybridized carbons (Fsp3) is 0.118. The van der Waals surface area contributed by atoms with Crippen LogP contribution in [0.1, 0.15) is 5.56 Å². The lowest BCUT2D eigenvalue weighted by Gasteiger charge is -2.10. The summed E-state index contributed by atoms with van der Waals surface area (Å²) in [6, 6.07) is 11.2. The van der Waals surface area contributed by atoms with Crippen molar-refractivity contribution in [1.29, 1.82) is 0 Å². The van der Waals surface area contributed by atoms with Gasteiger partial charge in [-0.2, -0.15) is 0 Å². The van der Waals surface area contributed by atoms with E-state index in [1.165, 1.54) is 6.33 Å². The van der Waals surface area contributed by atoms with Crippen LogP contribution in [0.2, 0.25) is 5.02 Å². The topological polar surface area (TPSA) is 72.0 Å². The van der Waals surface area contributed by atoms with Crippen LogP contribution >= 0.6 is 11.6 Å². The average molecular weight is 342 g/mol. The maximum absolute atomic E-state index is 6.13. The van der Waals surface area contributed by atoms with Crippen molar-refractivity contribution in [2.45, 2.75) is 6.54 Å². The molecule has 2 N–H and O–H groups in total. The third kappa shape index (κ3) is 4.11. The van der Waals surface area contributed by atoms with Gasteiger partial charge in [0.05, 0.1) is 12.1 Å². The largest absolute Gasteiger partial charge is 0.495 e. The van der Waals surface area contributed by atoms with Gasteiger partial charge >= 0.3 is 0 Å². The van der Waals surface area contributed by atoms with Crippen molar-refractivity contribution >= 4 is 28.9 Å². The average Bonchev–Trinajstić information content (AvgIpc) is 2.61. The first-order chi connectivity index (χ1) is 11.7. The Morgan fingerprint density at radius 2 is 1.83 bits per heavy atom. The van der Waals surface area contributed by atoms with E-state index in [0.29, 0.717) is 23.1 Å². The molecule has 0 bridgehead atoms. The molecule has 3 aromatic rings. The smallest absolute Gasteiger partial charge is 0.137 e. The number of ether oxygens (including phenoxy) is 1. The molecule has 7 heteroatoms. The van der Waals surface area contributed by atoms with Crippen LogP contribution in [0.3, 0.4) is 0 Å². The molecule has 6 nitrogen and oxygen atoms in total. The number of halogens is 1. The molecule has 2 aromatic heterocycles. The molecule has 0 atom stereocenters. The van der Waals surface area contributed by atoms with Gasteiger partial charge in [-0.1, -0.05) is 11.6 Å². The Labute approximate surface area is 144 Å². The number of benzene rings is 1. The van der Waals surface area contributed by atoms with Gasteiger partial charge in [-0.3, -0.25) is 4.98 Å². The molecule has 1 aromatic carbocycles. The summed E-state index contributed by atoms with van der Waals surface area (Å²) < 4.78 is 5.14. The number of hydrogen-bond acceptors (Lipinski definition) is 6. The number of methoxy groups -OCH3 is 1. The Hall–Kier alpha value is -2.86. The van der Waals surface area contributed by atoms with Crippen molar-refractivity contribution in [3.8, 4) is 5.75 Å². The summed E-state index contributed by atoms with van der Waals surface area (Å²) in [5.74, 6) is 2.02. The number of pyridine rings is 1. The van der Waals surface area contributed by atoms with Crippen molar-refractivity contribution in [2.75, 3.05) is 17.7 Å². The van der Waals surface area contributed by atoms with Crippen LogP contribution in [-0.4, -0.2) is 22.1 Å². The second-order valence-corrected chi connectivity index (χ2v) is 5.38. The van der Waals surface area contributed by atoms with E-state index in [1.54, 1.807) is 31.6 Å². The molecule has 0 saturated carbocycles. The quantitative estimate of drug-likeness (QED) is 0.708. The number of anilines is 3. The van der Waals surface area contributed by atoms with Gasteiger partial charge in [0, 0.05) is 30.7 Å². The van der Waals surface area contributed by atoms with Crippen molar-refractivity contribution in [1.82, 2.24) is 15.0 Å². The molecule has 122 valence electrons. The number of nitrogens with zero attached hydrogens (tertiary/aromatic N) is 3. The molecule has 0 aliphatic rings. The first kappa shape index (κ1) is 16.0. The summed E-state index contributed by atoms with van der Waals surface area (Å²) in [6.07, 6.45) is 5.02. The van der Waals surface area contributed by atoms with Crippen molar-refractivity contribution in [3.63, 3.8) is 0 Å². The van der Waals surface area contributed by atoms with E-state index >= 15 is 0 Å². The zero-order chi connectivity index (χ0) is 16.8. The van der Waals surface area contributed by atoms with Crippen molar-refractivity contribution < 1.29 is 4.74 Å². The van der Waals surface area contributed by atoms with Crippen LogP contribution < -0.4 is 15.4 Å². The van der Waals surface area contributed by atoms with E-state index in [0.717, 1.165) is 17.1 Å². The molecule has 3 rings (SSSR count). The lowest BCUT2D eigenvalue weighted by molar-refractivity contribution is 0.415. The van der Waals surface area contributed by atoms with Crippen molar-refractivity contribution in [2.24, 2.45) is 0 Å². The molecular formula is C17H16ClN5O. The highest BCUT2D eigenvalue weighted by Crippen LogP contribution is 2.28. The monoisotopic (exact) mass is 341 g/mol. The Bertz CT molecular complexity index is 813. The van der Waals surface area contributed by atoms with Crippen molar-refractivity contribution in [3.05, 3.63) is 65.7 Å². The zero-order valence-electron chi connectivity index (χ0n) is 13.0. The first-order valence-corrected chi connectivity index (χ1v) is 7.68. The molecule has 2 heterocycles. The van der Waals surface area contributed by atoms with Gasteiger partial charge in [-0.25, -0.2) is 9.97 Å². The highest BCUT2D eigenvalue weighted by atomic mass is 35.5. The summed E-state index contributed by atoms with van der Waals surface area (Å²) in [7, 11) is 1.58. The Kier molecular flexibility index (Phi) is 5.08. The van der Waals surface area contributed by atoms with Gasteiger partial charge in [0.2, 0.25) is 0 Å². The van der Waals surface area contributed by atoms with Crippen LogP contribution in [-0.2, 0) is 6.54 Å². The first-order valence-electron chi connectivity index (χ1n) is 7.30. The standard InChI is InChI=1S/C17H16ClN5O/c1-24-15-3-2-13(8-14(15)18)23-17-9-16(21-11-22-17)20-10-12-4-6-19-7-5-12/h2-9,11H,10H2,1H3,(H2,20,21,22,23). The predicted octanol–water partition coefficient (Wildman–Crippen LogP) is 3.89. The lowest BCUT2D eigenvalue weighted by atomic mass is 10.3. The fourth-order valence-electron chi connectivity index (χ4n) is 2.11. The van der Waals surface area contributed by atoms with Gasteiger partial charge in [0.25, 0.3) is 0 Å². The molecule has 24 heavy (non-hydrogen) atoms. The molecule has 0 radical (unpaired) electrons. The predicted molar refractivity (Wildman–Crippen MR) is 94.9 cm³/mol. The highest BCUT2D eigenvalue weighted by molar-refractivity contribution is 6.32. The van der Waals surface area contributed by atoms with Crippen LogP contribution in [0.15, 0.2) is 55.1 Å². The summed E-state index contributed by atoms with van der Waals surface area (Å²) in [4.78, 5) is 12.4. The SMILES string of the molecule is COc1ccc(Nc2cc(NCc3ccncc3)ncn2)cc1Cl. The molecule has 0 unspecified atom stereocenters. The molecule has 0 aliphatic heterocycles. The highest BCUT2D eigenvalue weighted by Gasteiger charge is 2.04. The maximum atomic E-state index is 6.13. The van der Waals surface area contributed by atoms with E-state index in [1.807, 2.05) is 24.3 Å². The summed E-state index contributed by atoms with van der Waals surface area (Å²) >= 11 is 6.13. The van der Waals surface area contributed by atoms with Crippen LogP contribution in [0.4, 0.5) is 17.3 Å². The lowest BCUT2D eigenvalue weighted by Crippen LogP contribution is -2.03. The van der Waals surface area contributed by atoms with Gasteiger partial charge < -0.3 is 15.4 Å². The van der Waals surface area contributed by atoms with E-state index < -0.39 is 0 Å². The minimum atomic E-state index is 0.535. The van der Waals surface area contributed by atoms with Crippen LogP contribution in [0.25, 0.3) is 0 Å². The van der Waals surface area contributed by atoms with Gasteiger partial charge in [-0.05, 0) is 35.9 Å². The minimum absolute atomic E-state index is 0.535. The van der Waals surface area contributed by atoms with Gasteiger partial charge in [0.15, 0.2) is 0 Å².